The number of rotatable bonds is 4. The van der Waals surface area contributed by atoms with E-state index in [1.165, 1.54) is 6.07 Å². The van der Waals surface area contributed by atoms with E-state index >= 15 is 0 Å². The number of phenolic OH excluding ortho intramolecular Hbond substituents is 1. The summed E-state index contributed by atoms with van der Waals surface area (Å²) in [6, 6.07) is 3.15. The highest BCUT2D eigenvalue weighted by molar-refractivity contribution is 9.10. The fourth-order valence-electron chi connectivity index (χ4n) is 3.71. The van der Waals surface area contributed by atoms with Crippen molar-refractivity contribution in [2.75, 3.05) is 39.4 Å². The summed E-state index contributed by atoms with van der Waals surface area (Å²) >= 11 is 3.36. The molecular formula is C16H22BrN3O4. The molecule has 1 aromatic carbocycles. The summed E-state index contributed by atoms with van der Waals surface area (Å²) < 4.78 is 6.10. The van der Waals surface area contributed by atoms with Gasteiger partial charge >= 0.3 is 5.69 Å². The lowest BCUT2D eigenvalue weighted by Crippen LogP contribution is -2.47. The molecule has 2 aliphatic heterocycles. The molecule has 0 unspecified atom stereocenters. The number of hydrogen-bond donors (Lipinski definition) is 2. The number of phenols is 1. The van der Waals surface area contributed by atoms with E-state index in [1.54, 1.807) is 0 Å². The number of piperazine rings is 1. The predicted octanol–water partition coefficient (Wildman–Crippen LogP) is 2.44. The molecule has 3 rings (SSSR count). The lowest BCUT2D eigenvalue weighted by molar-refractivity contribution is -0.386. The molecule has 8 heteroatoms. The molecule has 2 aliphatic rings. The van der Waals surface area contributed by atoms with Crippen molar-refractivity contribution >= 4 is 21.6 Å². The van der Waals surface area contributed by atoms with Crippen molar-refractivity contribution in [2.45, 2.75) is 18.9 Å². The molecule has 2 N–H and O–H groups in total. The Morgan fingerprint density at radius 3 is 2.62 bits per heavy atom. The molecule has 2 heterocycles. The average Bonchev–Trinajstić information content (AvgIpc) is 2.59. The fraction of sp³-hybridized carbons (Fsp3) is 0.625. The average molecular weight is 400 g/mol. The number of ether oxygens (including phenoxy) is 1. The second-order valence-electron chi connectivity index (χ2n) is 6.30. The summed E-state index contributed by atoms with van der Waals surface area (Å²) in [5.74, 6) is 0.106. The van der Waals surface area contributed by atoms with E-state index < -0.39 is 4.92 Å². The van der Waals surface area contributed by atoms with Crippen LogP contribution in [0.3, 0.4) is 0 Å². The van der Waals surface area contributed by atoms with Gasteiger partial charge in [0.2, 0.25) is 0 Å². The monoisotopic (exact) mass is 399 g/mol. The number of nitrogens with zero attached hydrogens (tertiary/aromatic N) is 2. The van der Waals surface area contributed by atoms with Crippen LogP contribution in [0.5, 0.6) is 5.75 Å². The molecule has 0 aromatic heterocycles. The molecule has 1 aromatic rings. The molecule has 2 saturated heterocycles. The Hall–Kier alpha value is -1.22. The van der Waals surface area contributed by atoms with Crippen molar-refractivity contribution in [2.24, 2.45) is 5.92 Å². The molecule has 132 valence electrons. The van der Waals surface area contributed by atoms with E-state index in [4.69, 9.17) is 4.74 Å². The molecule has 0 radical (unpaired) electrons. The van der Waals surface area contributed by atoms with Gasteiger partial charge in [0.1, 0.15) is 0 Å². The third-order valence-corrected chi connectivity index (χ3v) is 5.31. The Kier molecular flexibility index (Phi) is 5.70. The number of nitrogens with one attached hydrogen (secondary N) is 1. The summed E-state index contributed by atoms with van der Waals surface area (Å²) in [6.45, 7) is 4.89. The SMILES string of the molecule is O=[N+]([O-])c1cc(Br)cc([C@H](C2CCOCC2)N2CCNCC2)c1O. The summed E-state index contributed by atoms with van der Waals surface area (Å²) in [4.78, 5) is 13.1. The molecule has 0 aliphatic carbocycles. The highest BCUT2D eigenvalue weighted by atomic mass is 79.9. The smallest absolute Gasteiger partial charge is 0.312 e. The Labute approximate surface area is 149 Å². The third-order valence-electron chi connectivity index (χ3n) is 4.86. The number of hydrogen-bond acceptors (Lipinski definition) is 6. The van der Waals surface area contributed by atoms with Gasteiger partial charge in [-0.2, -0.15) is 0 Å². The maximum atomic E-state index is 11.3. The van der Waals surface area contributed by atoms with Crippen molar-refractivity contribution in [3.63, 3.8) is 0 Å². The van der Waals surface area contributed by atoms with E-state index in [0.29, 0.717) is 29.2 Å². The minimum Gasteiger partial charge on any atom is -0.502 e. The first kappa shape index (κ1) is 17.6. The maximum absolute atomic E-state index is 11.3. The maximum Gasteiger partial charge on any atom is 0.312 e. The molecule has 1 atom stereocenters. The highest BCUT2D eigenvalue weighted by Gasteiger charge is 2.35. The number of aromatic hydroxyl groups is 1. The molecule has 7 nitrogen and oxygen atoms in total. The number of benzene rings is 1. The summed E-state index contributed by atoms with van der Waals surface area (Å²) in [6.07, 6.45) is 1.79. The fourth-order valence-corrected chi connectivity index (χ4v) is 4.17. The van der Waals surface area contributed by atoms with Gasteiger partial charge in [0.15, 0.2) is 5.75 Å². The Balaban J connectivity index is 2.02. The van der Waals surface area contributed by atoms with Crippen LogP contribution in [0.4, 0.5) is 5.69 Å². The van der Waals surface area contributed by atoms with Gasteiger partial charge < -0.3 is 15.2 Å². The van der Waals surface area contributed by atoms with Crippen LogP contribution in [0.1, 0.15) is 24.4 Å². The van der Waals surface area contributed by atoms with E-state index in [9.17, 15) is 15.2 Å². The Morgan fingerprint density at radius 1 is 1.33 bits per heavy atom. The lowest BCUT2D eigenvalue weighted by Gasteiger charge is -2.41. The quantitative estimate of drug-likeness (QED) is 0.596. The van der Waals surface area contributed by atoms with E-state index in [-0.39, 0.29) is 17.5 Å². The molecule has 0 saturated carbocycles. The minimum absolute atomic E-state index is 0.0350. The van der Waals surface area contributed by atoms with Gasteiger partial charge in [0.25, 0.3) is 0 Å². The summed E-state index contributed by atoms with van der Waals surface area (Å²) in [7, 11) is 0. The van der Waals surface area contributed by atoms with Crippen LogP contribution in [0.2, 0.25) is 0 Å². The Bertz CT molecular complexity index is 583. The zero-order valence-corrected chi connectivity index (χ0v) is 15.0. The second-order valence-corrected chi connectivity index (χ2v) is 7.22. The van der Waals surface area contributed by atoms with Gasteiger partial charge in [-0.3, -0.25) is 15.0 Å². The van der Waals surface area contributed by atoms with Gasteiger partial charge in [-0.05, 0) is 24.8 Å². The van der Waals surface area contributed by atoms with Crippen molar-refractivity contribution < 1.29 is 14.8 Å². The second kappa shape index (κ2) is 7.77. The van der Waals surface area contributed by atoms with Crippen molar-refractivity contribution in [1.29, 1.82) is 0 Å². The zero-order valence-electron chi connectivity index (χ0n) is 13.4. The third kappa shape index (κ3) is 3.72. The lowest BCUT2D eigenvalue weighted by atomic mass is 9.85. The van der Waals surface area contributed by atoms with E-state index in [1.807, 2.05) is 6.07 Å². The molecule has 0 amide bonds. The molecular weight excluding hydrogens is 378 g/mol. The summed E-state index contributed by atoms with van der Waals surface area (Å²) in [5, 5.41) is 25.2. The topological polar surface area (TPSA) is 87.9 Å². The van der Waals surface area contributed by atoms with E-state index in [2.05, 4.69) is 26.1 Å². The number of nitro groups is 1. The normalized spacial score (nSPS) is 21.5. The standard InChI is InChI=1S/C16H22BrN3O4/c17-12-9-13(16(21)14(10-12)20(22)23)15(11-1-7-24-8-2-11)19-5-3-18-4-6-19/h9-11,15,18,21H,1-8H2/t15-/m0/s1. The van der Waals surface area contributed by atoms with Crippen LogP contribution in [0.15, 0.2) is 16.6 Å². The first-order valence-electron chi connectivity index (χ1n) is 8.27. The molecule has 2 fully saturated rings. The van der Waals surface area contributed by atoms with Crippen LogP contribution in [0, 0.1) is 16.0 Å². The van der Waals surface area contributed by atoms with Gasteiger partial charge in [-0.25, -0.2) is 0 Å². The zero-order chi connectivity index (χ0) is 17.1. The number of nitro benzene ring substituents is 1. The first-order chi connectivity index (χ1) is 11.6. The van der Waals surface area contributed by atoms with Crippen LogP contribution in [0.25, 0.3) is 0 Å². The van der Waals surface area contributed by atoms with Crippen molar-refractivity contribution in [3.8, 4) is 5.75 Å². The van der Waals surface area contributed by atoms with Gasteiger partial charge in [-0.1, -0.05) is 15.9 Å². The van der Waals surface area contributed by atoms with Gasteiger partial charge in [-0.15, -0.1) is 0 Å². The Morgan fingerprint density at radius 2 is 2.00 bits per heavy atom. The van der Waals surface area contributed by atoms with Crippen LogP contribution < -0.4 is 5.32 Å². The van der Waals surface area contributed by atoms with Crippen molar-refractivity contribution in [1.82, 2.24) is 10.2 Å². The molecule has 24 heavy (non-hydrogen) atoms. The molecule has 0 bridgehead atoms. The first-order valence-corrected chi connectivity index (χ1v) is 9.06. The number of halogens is 1. The largest absolute Gasteiger partial charge is 0.502 e. The molecule has 0 spiro atoms. The predicted molar refractivity (Wildman–Crippen MR) is 93.2 cm³/mol. The summed E-state index contributed by atoms with van der Waals surface area (Å²) in [5.41, 5.74) is 0.399. The minimum atomic E-state index is -0.525. The van der Waals surface area contributed by atoms with Crippen molar-refractivity contribution in [3.05, 3.63) is 32.3 Å². The van der Waals surface area contributed by atoms with Gasteiger partial charge in [0, 0.05) is 61.5 Å². The van der Waals surface area contributed by atoms with Gasteiger partial charge in [0.05, 0.1) is 4.92 Å². The highest BCUT2D eigenvalue weighted by Crippen LogP contribution is 2.44. The van der Waals surface area contributed by atoms with E-state index in [0.717, 1.165) is 39.0 Å². The van der Waals surface area contributed by atoms with Crippen LogP contribution in [-0.2, 0) is 4.74 Å². The van der Waals surface area contributed by atoms with Crippen LogP contribution >= 0.6 is 15.9 Å². The van der Waals surface area contributed by atoms with Crippen LogP contribution in [-0.4, -0.2) is 54.3 Å².